The summed E-state index contributed by atoms with van der Waals surface area (Å²) in [5, 5.41) is 12.4. The lowest BCUT2D eigenvalue weighted by Gasteiger charge is -2.40. The lowest BCUT2D eigenvalue weighted by molar-refractivity contribution is -0.524. The Hall–Kier alpha value is -5.84. The van der Waals surface area contributed by atoms with Crippen LogP contribution in [0.4, 0.5) is 0 Å². The van der Waals surface area contributed by atoms with Crippen LogP contribution in [0.2, 0.25) is 0 Å². The molecule has 2 fully saturated rings. The summed E-state index contributed by atoms with van der Waals surface area (Å²) in [5.74, 6) is -0.842. The zero-order valence-electron chi connectivity index (χ0n) is 33.2. The van der Waals surface area contributed by atoms with Gasteiger partial charge in [0.25, 0.3) is 17.7 Å². The van der Waals surface area contributed by atoms with E-state index in [0.717, 1.165) is 80.7 Å². The first-order valence-corrected chi connectivity index (χ1v) is 20.7. The zero-order valence-corrected chi connectivity index (χ0v) is 33.2. The van der Waals surface area contributed by atoms with E-state index < -0.39 is 29.7 Å². The molecule has 0 saturated carbocycles. The maximum Gasteiger partial charge on any atom is 0.288 e. The van der Waals surface area contributed by atoms with Gasteiger partial charge in [-0.25, -0.2) is 4.58 Å². The van der Waals surface area contributed by atoms with E-state index in [1.165, 1.54) is 36.2 Å². The number of hydrogen-bond acceptors (Lipinski definition) is 7. The molecule has 3 aromatic carbocycles. The van der Waals surface area contributed by atoms with Gasteiger partial charge >= 0.3 is 0 Å². The first-order chi connectivity index (χ1) is 28.0. The summed E-state index contributed by atoms with van der Waals surface area (Å²) in [5.41, 5.74) is 7.60. The Morgan fingerprint density at radius 3 is 2.41 bits per heavy atom. The number of nitrogens with zero attached hydrogens (tertiary/aromatic N) is 4. The molecule has 0 bridgehead atoms. The molecule has 2 saturated heterocycles. The van der Waals surface area contributed by atoms with Crippen LogP contribution in [-0.2, 0) is 27.3 Å². The molecule has 4 heterocycles. The van der Waals surface area contributed by atoms with Crippen molar-refractivity contribution in [2.24, 2.45) is 11.3 Å². The molecule has 11 heteroatoms. The van der Waals surface area contributed by atoms with E-state index in [2.05, 4.69) is 64.8 Å². The van der Waals surface area contributed by atoms with E-state index >= 15 is 0 Å². The number of aromatic hydroxyl groups is 1. The number of phenolic OH excluding ortho intramolecular Hbond substituents is 1. The van der Waals surface area contributed by atoms with Gasteiger partial charge in [0.15, 0.2) is 12.8 Å². The second-order valence-electron chi connectivity index (χ2n) is 17.2. The number of aryl methyl sites for hydroxylation is 1. The van der Waals surface area contributed by atoms with Crippen LogP contribution in [-0.4, -0.2) is 98.9 Å². The molecule has 58 heavy (non-hydrogen) atoms. The molecule has 0 aromatic heterocycles. The predicted octanol–water partition coefficient (Wildman–Crippen LogP) is 5.27. The average molecular weight is 781 g/mol. The van der Waals surface area contributed by atoms with Crippen LogP contribution in [0, 0.1) is 11.3 Å². The third-order valence-electron chi connectivity index (χ3n) is 13.7. The SMILES string of the molecule is CC(=O)NC(=O)C(C)N1C(=O)c2cc3c(cc2C1=O)C[N+](CC(=O)N1CCC2(CC1)CCN(C1=CCC([C@@H]4c5ccc(O)cc5CC[C@@H]4c4ccccc4)C=C1)C2)=C3. The number of imide groups is 2. The van der Waals surface area contributed by atoms with Crippen LogP contribution in [0.5, 0.6) is 5.75 Å². The van der Waals surface area contributed by atoms with Crippen LogP contribution in [0.25, 0.3) is 0 Å². The minimum atomic E-state index is -1.13. The van der Waals surface area contributed by atoms with Crippen molar-refractivity contribution in [2.75, 3.05) is 32.7 Å². The van der Waals surface area contributed by atoms with Gasteiger partial charge in [-0.1, -0.05) is 48.6 Å². The van der Waals surface area contributed by atoms with Gasteiger partial charge in [-0.2, -0.15) is 0 Å². The van der Waals surface area contributed by atoms with Gasteiger partial charge in [-0.05, 0) is 116 Å². The summed E-state index contributed by atoms with van der Waals surface area (Å²) in [6, 6.07) is 19.1. The first kappa shape index (κ1) is 37.7. The highest BCUT2D eigenvalue weighted by atomic mass is 16.3. The molecule has 1 spiro atoms. The van der Waals surface area contributed by atoms with Gasteiger partial charge in [0.2, 0.25) is 18.4 Å². The number of phenols is 1. The number of nitrogens with one attached hydrogen (secondary N) is 1. The number of carbonyl (C=O) groups excluding carboxylic acids is 5. The van der Waals surface area contributed by atoms with E-state index in [1.807, 2.05) is 27.8 Å². The number of hydrogen-bond donors (Lipinski definition) is 2. The molecule has 2 unspecified atom stereocenters. The van der Waals surface area contributed by atoms with Gasteiger partial charge in [-0.15, -0.1) is 0 Å². The predicted molar refractivity (Wildman–Crippen MR) is 217 cm³/mol. The Kier molecular flexibility index (Phi) is 9.65. The van der Waals surface area contributed by atoms with Gasteiger partial charge in [0, 0.05) is 49.9 Å². The van der Waals surface area contributed by atoms with Crippen molar-refractivity contribution in [3.05, 3.63) is 124 Å². The summed E-state index contributed by atoms with van der Waals surface area (Å²) in [7, 11) is 0. The molecule has 3 aromatic rings. The molecule has 4 atom stereocenters. The monoisotopic (exact) mass is 780 g/mol. The minimum absolute atomic E-state index is 0.0715. The molecular formula is C47H50N5O6+. The van der Waals surface area contributed by atoms with Crippen molar-refractivity contribution in [1.82, 2.24) is 20.0 Å². The quantitative estimate of drug-likeness (QED) is 0.247. The lowest BCUT2D eigenvalue weighted by Crippen LogP contribution is -2.48. The van der Waals surface area contributed by atoms with Crippen LogP contribution in [0.1, 0.15) is 106 Å². The van der Waals surface area contributed by atoms with Crippen LogP contribution in [0.3, 0.4) is 0 Å². The normalized spacial score (nSPS) is 23.6. The van der Waals surface area contributed by atoms with Crippen molar-refractivity contribution >= 4 is 35.8 Å². The molecule has 11 nitrogen and oxygen atoms in total. The highest BCUT2D eigenvalue weighted by Crippen LogP contribution is 2.50. The van der Waals surface area contributed by atoms with Gasteiger partial charge in [0.1, 0.15) is 11.8 Å². The maximum absolute atomic E-state index is 13.6. The van der Waals surface area contributed by atoms with Gasteiger partial charge in [-0.3, -0.25) is 34.2 Å². The Bertz CT molecular complexity index is 2320. The maximum atomic E-state index is 13.6. The van der Waals surface area contributed by atoms with E-state index in [1.54, 1.807) is 12.1 Å². The number of amides is 5. The fourth-order valence-corrected chi connectivity index (χ4v) is 10.6. The van der Waals surface area contributed by atoms with E-state index in [4.69, 9.17) is 0 Å². The molecule has 298 valence electrons. The number of benzene rings is 3. The number of rotatable bonds is 7. The Balaban J connectivity index is 0.797. The van der Waals surface area contributed by atoms with Gasteiger partial charge < -0.3 is 14.9 Å². The average Bonchev–Trinajstić information content (AvgIpc) is 3.89. The van der Waals surface area contributed by atoms with Crippen LogP contribution >= 0.6 is 0 Å². The van der Waals surface area contributed by atoms with Crippen LogP contribution in [0.15, 0.2) is 84.6 Å². The van der Waals surface area contributed by atoms with Crippen molar-refractivity contribution in [3.63, 3.8) is 0 Å². The van der Waals surface area contributed by atoms with Crippen molar-refractivity contribution < 1.29 is 33.7 Å². The number of carbonyl (C=O) groups is 5. The molecule has 9 rings (SSSR count). The summed E-state index contributed by atoms with van der Waals surface area (Å²) < 4.78 is 1.94. The second kappa shape index (κ2) is 14.8. The third kappa shape index (κ3) is 6.84. The van der Waals surface area contributed by atoms with Crippen molar-refractivity contribution in [1.29, 1.82) is 0 Å². The fourth-order valence-electron chi connectivity index (χ4n) is 10.6. The summed E-state index contributed by atoms with van der Waals surface area (Å²) in [6.45, 7) is 6.75. The number of piperidine rings is 1. The van der Waals surface area contributed by atoms with E-state index in [0.29, 0.717) is 30.0 Å². The number of fused-ring (bicyclic) bond motifs is 3. The van der Waals surface area contributed by atoms with E-state index in [9.17, 15) is 29.1 Å². The molecule has 5 amide bonds. The Morgan fingerprint density at radius 1 is 0.948 bits per heavy atom. The largest absolute Gasteiger partial charge is 0.508 e. The topological polar surface area (TPSA) is 130 Å². The highest BCUT2D eigenvalue weighted by molar-refractivity contribution is 6.23. The molecule has 0 radical (unpaired) electrons. The first-order valence-electron chi connectivity index (χ1n) is 20.7. The number of likely N-dealkylation sites (tertiary alicyclic amines) is 2. The Labute approximate surface area is 338 Å². The second-order valence-corrected chi connectivity index (χ2v) is 17.2. The summed E-state index contributed by atoms with van der Waals surface area (Å²) in [4.78, 5) is 69.3. The molecular weight excluding hydrogens is 731 g/mol. The smallest absolute Gasteiger partial charge is 0.288 e. The van der Waals surface area contributed by atoms with Crippen molar-refractivity contribution in [2.45, 2.75) is 76.8 Å². The molecule has 4 aliphatic heterocycles. The highest BCUT2D eigenvalue weighted by Gasteiger charge is 2.45. The molecule has 6 aliphatic rings. The standard InChI is InChI=1S/C47H49N5O6/c1-29(44(56)48-30(2)53)52-45(57)40-23-34-25-49(26-35(34)24-41(40)46(52)58)27-42(55)50-19-16-47(17-20-50)18-21-51(28-47)36-11-8-32(9-12-36)43-38(31-6-4-3-5-7-31)14-10-33-22-37(54)13-15-39(33)43/h3-8,11-13,15,22-25,29,32,38,43H,9-10,14,16-21,26-28H2,1-2H3,(H-,48,53,54,56)/p+1/t29?,32?,38-,43+/m1/s1. The van der Waals surface area contributed by atoms with E-state index in [-0.39, 0.29) is 29.0 Å². The lowest BCUT2D eigenvalue weighted by atomic mass is 9.65. The van der Waals surface area contributed by atoms with Gasteiger partial charge in [0.05, 0.1) is 11.1 Å². The third-order valence-corrected chi connectivity index (χ3v) is 13.7. The van der Waals surface area contributed by atoms with Crippen molar-refractivity contribution in [3.8, 4) is 5.75 Å². The minimum Gasteiger partial charge on any atom is -0.508 e. The van der Waals surface area contributed by atoms with Crippen LogP contribution < -0.4 is 5.32 Å². The summed E-state index contributed by atoms with van der Waals surface area (Å²) in [6.07, 6.45) is 15.2. The summed E-state index contributed by atoms with van der Waals surface area (Å²) >= 11 is 0. The zero-order chi connectivity index (χ0) is 40.3. The molecule has 2 aliphatic carbocycles. The number of allylic oxidation sites excluding steroid dienone is 3. The molecule has 2 N–H and O–H groups in total. The Morgan fingerprint density at radius 2 is 1.69 bits per heavy atom. The fraction of sp³-hybridized carbons (Fsp3) is 0.404.